The van der Waals surface area contributed by atoms with Crippen LogP contribution in [0.25, 0.3) is 0 Å². The van der Waals surface area contributed by atoms with Gasteiger partial charge in [0.05, 0.1) is 6.61 Å². The molecule has 0 bridgehead atoms. The molecule has 0 saturated carbocycles. The Labute approximate surface area is 179 Å². The van der Waals surface area contributed by atoms with E-state index in [1.54, 1.807) is 20.8 Å². The van der Waals surface area contributed by atoms with Crippen molar-refractivity contribution in [3.8, 4) is 11.8 Å². The third kappa shape index (κ3) is 12.3. The molecule has 0 N–H and O–H groups in total. The molecule has 29 heavy (non-hydrogen) atoms. The fourth-order valence-corrected chi connectivity index (χ4v) is 3.67. The van der Waals surface area contributed by atoms with Crippen molar-refractivity contribution < 1.29 is 19.0 Å². The molecule has 0 aromatic carbocycles. The minimum Gasteiger partial charge on any atom is -0.464 e. The van der Waals surface area contributed by atoms with Gasteiger partial charge >= 0.3 is 5.97 Å². The first-order valence-corrected chi connectivity index (χ1v) is 12.0. The molecular formula is C25H44O4. The van der Waals surface area contributed by atoms with Gasteiger partial charge in [-0.1, -0.05) is 89.9 Å². The van der Waals surface area contributed by atoms with E-state index in [4.69, 9.17) is 14.2 Å². The molecule has 4 nitrogen and oxygen atoms in total. The Morgan fingerprint density at radius 3 is 1.86 bits per heavy atom. The van der Waals surface area contributed by atoms with Crippen molar-refractivity contribution in [3.05, 3.63) is 0 Å². The Balaban J connectivity index is 2.05. The summed E-state index contributed by atoms with van der Waals surface area (Å²) in [4.78, 5) is 12.0. The van der Waals surface area contributed by atoms with E-state index >= 15 is 0 Å². The zero-order valence-electron chi connectivity index (χ0n) is 19.4. The molecule has 2 atom stereocenters. The molecule has 1 aliphatic rings. The Kier molecular flexibility index (Phi) is 14.1. The molecule has 1 heterocycles. The van der Waals surface area contributed by atoms with Crippen LogP contribution < -0.4 is 0 Å². The highest BCUT2D eigenvalue weighted by atomic mass is 16.8. The lowest BCUT2D eigenvalue weighted by atomic mass is 10.0. The lowest BCUT2D eigenvalue weighted by molar-refractivity contribution is -0.169. The minimum atomic E-state index is -0.799. The molecule has 0 unspecified atom stereocenters. The number of hydrogen-bond acceptors (Lipinski definition) is 4. The Morgan fingerprint density at radius 2 is 1.34 bits per heavy atom. The number of unbranched alkanes of at least 4 members (excludes halogenated alkanes) is 13. The predicted octanol–water partition coefficient (Wildman–Crippen LogP) is 6.55. The van der Waals surface area contributed by atoms with Crippen molar-refractivity contribution in [2.24, 2.45) is 0 Å². The minimum absolute atomic E-state index is 0.332. The van der Waals surface area contributed by atoms with Crippen LogP contribution >= 0.6 is 0 Å². The van der Waals surface area contributed by atoms with E-state index in [9.17, 15) is 4.79 Å². The van der Waals surface area contributed by atoms with E-state index in [1.807, 2.05) is 0 Å². The average Bonchev–Trinajstić information content (AvgIpc) is 2.99. The second-order valence-electron chi connectivity index (χ2n) is 8.54. The average molecular weight is 409 g/mol. The first-order valence-electron chi connectivity index (χ1n) is 12.0. The van der Waals surface area contributed by atoms with Gasteiger partial charge in [-0.15, -0.1) is 5.92 Å². The first-order chi connectivity index (χ1) is 14.0. The third-order valence-electron chi connectivity index (χ3n) is 5.27. The second kappa shape index (κ2) is 15.7. The maximum Gasteiger partial charge on any atom is 0.339 e. The van der Waals surface area contributed by atoms with Crippen LogP contribution in [0.3, 0.4) is 0 Å². The zero-order chi connectivity index (χ0) is 21.4. The van der Waals surface area contributed by atoms with Crippen molar-refractivity contribution in [2.75, 3.05) is 6.61 Å². The quantitative estimate of drug-likeness (QED) is 0.175. The molecule has 0 aliphatic carbocycles. The first kappa shape index (κ1) is 26.0. The predicted molar refractivity (Wildman–Crippen MR) is 119 cm³/mol. The normalized spacial score (nSPS) is 20.3. The maximum absolute atomic E-state index is 12.0. The van der Waals surface area contributed by atoms with Gasteiger partial charge in [-0.2, -0.15) is 0 Å². The molecule has 1 rings (SSSR count). The number of hydrogen-bond donors (Lipinski definition) is 0. The molecule has 0 spiro atoms. The SMILES string of the molecule is CCCCCCCCCCCCCCCC#C[C@@H]1OC(C)(C)O[C@H]1C(=O)OCC. The van der Waals surface area contributed by atoms with Crippen LogP contribution in [0.1, 0.15) is 118 Å². The van der Waals surface area contributed by atoms with Crippen LogP contribution in [0.2, 0.25) is 0 Å². The van der Waals surface area contributed by atoms with Gasteiger partial charge in [0.2, 0.25) is 0 Å². The highest BCUT2D eigenvalue weighted by Crippen LogP contribution is 2.28. The summed E-state index contributed by atoms with van der Waals surface area (Å²) in [5.74, 6) is 5.05. The Hall–Kier alpha value is -1.05. The summed E-state index contributed by atoms with van der Waals surface area (Å²) in [6.07, 6.45) is 17.1. The lowest BCUT2D eigenvalue weighted by Gasteiger charge is -2.15. The largest absolute Gasteiger partial charge is 0.464 e. The van der Waals surface area contributed by atoms with Crippen LogP contribution in [-0.4, -0.2) is 30.6 Å². The van der Waals surface area contributed by atoms with Crippen LogP contribution in [-0.2, 0) is 19.0 Å². The van der Waals surface area contributed by atoms with Crippen LogP contribution in [0.4, 0.5) is 0 Å². The van der Waals surface area contributed by atoms with Gasteiger partial charge in [-0.3, -0.25) is 0 Å². The summed E-state index contributed by atoms with van der Waals surface area (Å²) < 4.78 is 16.5. The monoisotopic (exact) mass is 408 g/mol. The van der Waals surface area contributed by atoms with Gasteiger partial charge in [0.15, 0.2) is 18.0 Å². The van der Waals surface area contributed by atoms with E-state index in [0.717, 1.165) is 12.8 Å². The van der Waals surface area contributed by atoms with Gasteiger partial charge in [0, 0.05) is 6.42 Å². The summed E-state index contributed by atoms with van der Waals surface area (Å²) in [7, 11) is 0. The number of carbonyl (C=O) groups excluding carboxylic acids is 1. The molecule has 4 heteroatoms. The molecule has 1 saturated heterocycles. The molecule has 0 aromatic rings. The van der Waals surface area contributed by atoms with E-state index in [2.05, 4.69) is 18.8 Å². The molecular weight excluding hydrogens is 364 g/mol. The summed E-state index contributed by atoms with van der Waals surface area (Å²) >= 11 is 0. The van der Waals surface area contributed by atoms with Crippen LogP contribution in [0.15, 0.2) is 0 Å². The summed E-state index contributed by atoms with van der Waals surface area (Å²) in [6, 6.07) is 0. The van der Waals surface area contributed by atoms with E-state index in [1.165, 1.54) is 77.0 Å². The highest BCUT2D eigenvalue weighted by Gasteiger charge is 2.45. The number of rotatable bonds is 15. The summed E-state index contributed by atoms with van der Waals surface area (Å²) in [5.41, 5.74) is 0. The van der Waals surface area contributed by atoms with Gasteiger partial charge in [0.25, 0.3) is 0 Å². The van der Waals surface area contributed by atoms with Gasteiger partial charge in [-0.25, -0.2) is 4.79 Å². The zero-order valence-corrected chi connectivity index (χ0v) is 19.4. The topological polar surface area (TPSA) is 44.8 Å². The fraction of sp³-hybridized carbons (Fsp3) is 0.880. The van der Waals surface area contributed by atoms with E-state index in [0.29, 0.717) is 6.61 Å². The van der Waals surface area contributed by atoms with Gasteiger partial charge < -0.3 is 14.2 Å². The summed E-state index contributed by atoms with van der Waals surface area (Å²) in [5, 5.41) is 0. The standard InChI is InChI=1S/C25H44O4/c1-5-7-8-9-10-11-12-13-14-15-16-17-18-19-20-21-22-23(24(26)27-6-2)29-25(3,4)28-22/h22-23H,5-19H2,1-4H3/t22-,23+/m0/s1. The Bertz CT molecular complexity index is 489. The number of ether oxygens (including phenoxy) is 3. The van der Waals surface area contributed by atoms with Crippen LogP contribution in [0, 0.1) is 11.8 Å². The number of carbonyl (C=O) groups is 1. The molecule has 168 valence electrons. The van der Waals surface area contributed by atoms with Crippen molar-refractivity contribution in [1.82, 2.24) is 0 Å². The van der Waals surface area contributed by atoms with Crippen molar-refractivity contribution >= 4 is 5.97 Å². The van der Waals surface area contributed by atoms with Crippen molar-refractivity contribution in [1.29, 1.82) is 0 Å². The van der Waals surface area contributed by atoms with E-state index < -0.39 is 24.0 Å². The van der Waals surface area contributed by atoms with Crippen molar-refractivity contribution in [2.45, 2.75) is 136 Å². The molecule has 1 aliphatic heterocycles. The number of esters is 1. The second-order valence-corrected chi connectivity index (χ2v) is 8.54. The van der Waals surface area contributed by atoms with Gasteiger partial charge in [0.1, 0.15) is 0 Å². The molecule has 0 radical (unpaired) electrons. The highest BCUT2D eigenvalue weighted by molar-refractivity contribution is 5.76. The lowest BCUT2D eigenvalue weighted by Crippen LogP contribution is -2.32. The molecule has 0 aromatic heterocycles. The smallest absolute Gasteiger partial charge is 0.339 e. The Morgan fingerprint density at radius 1 is 0.828 bits per heavy atom. The van der Waals surface area contributed by atoms with E-state index in [-0.39, 0.29) is 0 Å². The van der Waals surface area contributed by atoms with Gasteiger partial charge in [-0.05, 0) is 27.2 Å². The molecule has 0 amide bonds. The maximum atomic E-state index is 12.0. The third-order valence-corrected chi connectivity index (χ3v) is 5.27. The van der Waals surface area contributed by atoms with Crippen molar-refractivity contribution in [3.63, 3.8) is 0 Å². The fourth-order valence-electron chi connectivity index (χ4n) is 3.67. The molecule has 1 fully saturated rings. The summed E-state index contributed by atoms with van der Waals surface area (Å²) in [6.45, 7) is 7.99. The van der Waals surface area contributed by atoms with Crippen LogP contribution in [0.5, 0.6) is 0 Å².